The van der Waals surface area contributed by atoms with Gasteiger partial charge in [0.25, 0.3) is 0 Å². The highest BCUT2D eigenvalue weighted by atomic mass is 16.7. The zero-order chi connectivity index (χ0) is 20.8. The predicted molar refractivity (Wildman–Crippen MR) is 115 cm³/mol. The number of nitrogens with one attached hydrogen (secondary N) is 2. The number of amides is 1. The van der Waals surface area contributed by atoms with E-state index in [1.807, 2.05) is 66.7 Å². The SMILES string of the molecule is COc1cccc(NC(=O)C(NCCc2ccc3c(c2)OCO3)c2ccccc2)c1. The first-order valence-corrected chi connectivity index (χ1v) is 9.85. The van der Waals surface area contributed by atoms with Gasteiger partial charge in [0.05, 0.1) is 7.11 Å². The molecule has 0 spiro atoms. The number of rotatable bonds is 8. The van der Waals surface area contributed by atoms with Crippen LogP contribution in [0, 0.1) is 0 Å². The fourth-order valence-corrected chi connectivity index (χ4v) is 3.38. The number of hydrogen-bond donors (Lipinski definition) is 2. The first kappa shape index (κ1) is 19.8. The second-order valence-corrected chi connectivity index (χ2v) is 6.96. The number of methoxy groups -OCH3 is 1. The number of carbonyl (C=O) groups is 1. The summed E-state index contributed by atoms with van der Waals surface area (Å²) < 4.78 is 16.0. The molecule has 1 amide bonds. The maximum atomic E-state index is 13.1. The molecule has 0 fully saturated rings. The molecule has 6 nitrogen and oxygen atoms in total. The van der Waals surface area contributed by atoms with Crippen molar-refractivity contribution in [2.45, 2.75) is 12.5 Å². The van der Waals surface area contributed by atoms with Crippen molar-refractivity contribution >= 4 is 11.6 Å². The summed E-state index contributed by atoms with van der Waals surface area (Å²) in [7, 11) is 1.60. The van der Waals surface area contributed by atoms with E-state index in [1.165, 1.54) is 0 Å². The third kappa shape index (κ3) is 4.72. The Bertz CT molecular complexity index is 1010. The zero-order valence-corrected chi connectivity index (χ0v) is 16.8. The van der Waals surface area contributed by atoms with Gasteiger partial charge in [-0.3, -0.25) is 4.79 Å². The molecule has 0 saturated heterocycles. The Hall–Kier alpha value is -3.51. The zero-order valence-electron chi connectivity index (χ0n) is 16.8. The van der Waals surface area contributed by atoms with E-state index in [9.17, 15) is 4.79 Å². The lowest BCUT2D eigenvalue weighted by Gasteiger charge is -2.19. The van der Waals surface area contributed by atoms with E-state index in [1.54, 1.807) is 13.2 Å². The van der Waals surface area contributed by atoms with E-state index in [0.29, 0.717) is 18.0 Å². The molecule has 4 rings (SSSR count). The summed E-state index contributed by atoms with van der Waals surface area (Å²) in [6, 6.07) is 22.5. The lowest BCUT2D eigenvalue weighted by Crippen LogP contribution is -2.34. The van der Waals surface area contributed by atoms with Crippen molar-refractivity contribution in [3.8, 4) is 17.2 Å². The molecule has 3 aromatic rings. The topological polar surface area (TPSA) is 68.8 Å². The normalized spacial score (nSPS) is 13.0. The molecule has 0 saturated carbocycles. The van der Waals surface area contributed by atoms with Gasteiger partial charge in [0.2, 0.25) is 12.7 Å². The Labute approximate surface area is 175 Å². The second kappa shape index (κ2) is 9.33. The molecule has 3 aromatic carbocycles. The number of carbonyl (C=O) groups excluding carboxylic acids is 1. The molecule has 0 bridgehead atoms. The lowest BCUT2D eigenvalue weighted by atomic mass is 10.1. The van der Waals surface area contributed by atoms with Crippen molar-refractivity contribution in [3.05, 3.63) is 83.9 Å². The van der Waals surface area contributed by atoms with E-state index >= 15 is 0 Å². The van der Waals surface area contributed by atoms with Crippen molar-refractivity contribution in [2.75, 3.05) is 25.8 Å². The standard InChI is InChI=1S/C24H24N2O4/c1-28-20-9-5-8-19(15-20)26-24(27)23(18-6-3-2-4-7-18)25-13-12-17-10-11-21-22(14-17)30-16-29-21/h2-11,14-15,23,25H,12-13,16H2,1H3,(H,26,27). The van der Waals surface area contributed by atoms with Gasteiger partial charge in [-0.05, 0) is 41.8 Å². The maximum absolute atomic E-state index is 13.1. The highest BCUT2D eigenvalue weighted by Crippen LogP contribution is 2.32. The average molecular weight is 404 g/mol. The highest BCUT2D eigenvalue weighted by Gasteiger charge is 2.20. The van der Waals surface area contributed by atoms with Crippen LogP contribution < -0.4 is 24.8 Å². The van der Waals surface area contributed by atoms with Crippen molar-refractivity contribution < 1.29 is 19.0 Å². The van der Waals surface area contributed by atoms with Crippen LogP contribution in [0.4, 0.5) is 5.69 Å². The molecule has 6 heteroatoms. The van der Waals surface area contributed by atoms with Crippen LogP contribution in [-0.2, 0) is 11.2 Å². The molecule has 1 aliphatic rings. The third-order valence-corrected chi connectivity index (χ3v) is 4.93. The van der Waals surface area contributed by atoms with Gasteiger partial charge in [-0.2, -0.15) is 0 Å². The van der Waals surface area contributed by atoms with Crippen molar-refractivity contribution in [1.82, 2.24) is 5.32 Å². The molecule has 2 N–H and O–H groups in total. The highest BCUT2D eigenvalue weighted by molar-refractivity contribution is 5.95. The fraction of sp³-hybridized carbons (Fsp3) is 0.208. The van der Waals surface area contributed by atoms with Crippen LogP contribution in [-0.4, -0.2) is 26.4 Å². The van der Waals surface area contributed by atoms with Crippen LogP contribution in [0.25, 0.3) is 0 Å². The summed E-state index contributed by atoms with van der Waals surface area (Å²) in [6.45, 7) is 0.891. The van der Waals surface area contributed by atoms with Gasteiger partial charge in [0.1, 0.15) is 11.8 Å². The number of hydrogen-bond acceptors (Lipinski definition) is 5. The minimum absolute atomic E-state index is 0.125. The molecule has 30 heavy (non-hydrogen) atoms. The summed E-state index contributed by atoms with van der Waals surface area (Å²) in [6.07, 6.45) is 0.756. The van der Waals surface area contributed by atoms with Crippen molar-refractivity contribution in [3.63, 3.8) is 0 Å². The van der Waals surface area contributed by atoms with Gasteiger partial charge < -0.3 is 24.8 Å². The Morgan fingerprint density at radius 2 is 1.83 bits per heavy atom. The van der Waals surface area contributed by atoms with E-state index in [2.05, 4.69) is 10.6 Å². The molecule has 0 radical (unpaired) electrons. The Balaban J connectivity index is 1.44. The van der Waals surface area contributed by atoms with Crippen LogP contribution in [0.2, 0.25) is 0 Å². The van der Waals surface area contributed by atoms with Gasteiger partial charge >= 0.3 is 0 Å². The Kier molecular flexibility index (Phi) is 6.15. The quantitative estimate of drug-likeness (QED) is 0.595. The van der Waals surface area contributed by atoms with Gasteiger partial charge in [-0.1, -0.05) is 42.5 Å². The first-order chi connectivity index (χ1) is 14.7. The average Bonchev–Trinajstić information content (AvgIpc) is 3.25. The number of benzene rings is 3. The molecule has 154 valence electrons. The monoisotopic (exact) mass is 404 g/mol. The summed E-state index contributed by atoms with van der Waals surface area (Å²) in [5, 5.41) is 6.37. The first-order valence-electron chi connectivity index (χ1n) is 9.85. The molecular formula is C24H24N2O4. The van der Waals surface area contributed by atoms with Gasteiger partial charge in [-0.15, -0.1) is 0 Å². The van der Waals surface area contributed by atoms with Crippen LogP contribution in [0.3, 0.4) is 0 Å². The van der Waals surface area contributed by atoms with Crippen LogP contribution in [0.5, 0.6) is 17.2 Å². The summed E-state index contributed by atoms with van der Waals surface area (Å²) in [5.41, 5.74) is 2.72. The Morgan fingerprint density at radius 1 is 1.00 bits per heavy atom. The van der Waals surface area contributed by atoms with E-state index < -0.39 is 6.04 Å². The number of anilines is 1. The largest absolute Gasteiger partial charge is 0.497 e. The molecule has 0 aromatic heterocycles. The molecule has 1 aliphatic heterocycles. The summed E-state index contributed by atoms with van der Waals surface area (Å²) in [5.74, 6) is 2.11. The van der Waals surface area contributed by atoms with Gasteiger partial charge in [0.15, 0.2) is 11.5 Å². The van der Waals surface area contributed by atoms with Crippen LogP contribution in [0.1, 0.15) is 17.2 Å². The van der Waals surface area contributed by atoms with E-state index in [0.717, 1.165) is 29.0 Å². The summed E-state index contributed by atoms with van der Waals surface area (Å²) in [4.78, 5) is 13.1. The molecule has 1 heterocycles. The molecular weight excluding hydrogens is 380 g/mol. The smallest absolute Gasteiger partial charge is 0.246 e. The number of fused-ring (bicyclic) bond motifs is 1. The van der Waals surface area contributed by atoms with Crippen LogP contribution >= 0.6 is 0 Å². The van der Waals surface area contributed by atoms with E-state index in [-0.39, 0.29) is 12.7 Å². The second-order valence-electron chi connectivity index (χ2n) is 6.96. The maximum Gasteiger partial charge on any atom is 0.246 e. The minimum atomic E-state index is -0.480. The minimum Gasteiger partial charge on any atom is -0.497 e. The van der Waals surface area contributed by atoms with E-state index in [4.69, 9.17) is 14.2 Å². The van der Waals surface area contributed by atoms with Crippen molar-refractivity contribution in [1.29, 1.82) is 0 Å². The van der Waals surface area contributed by atoms with Crippen molar-refractivity contribution in [2.24, 2.45) is 0 Å². The third-order valence-electron chi connectivity index (χ3n) is 4.93. The van der Waals surface area contributed by atoms with Gasteiger partial charge in [0, 0.05) is 18.3 Å². The Morgan fingerprint density at radius 3 is 2.67 bits per heavy atom. The molecule has 0 aliphatic carbocycles. The van der Waals surface area contributed by atoms with Gasteiger partial charge in [-0.25, -0.2) is 0 Å². The summed E-state index contributed by atoms with van der Waals surface area (Å²) >= 11 is 0. The predicted octanol–water partition coefficient (Wildman–Crippen LogP) is 3.94. The van der Waals surface area contributed by atoms with Crippen LogP contribution in [0.15, 0.2) is 72.8 Å². The number of ether oxygens (including phenoxy) is 3. The molecule has 1 atom stereocenters. The fourth-order valence-electron chi connectivity index (χ4n) is 3.38. The molecule has 1 unspecified atom stereocenters. The lowest BCUT2D eigenvalue weighted by molar-refractivity contribution is -0.118.